The van der Waals surface area contributed by atoms with Gasteiger partial charge >= 0.3 is 0 Å². The fourth-order valence-electron chi connectivity index (χ4n) is 4.24. The Morgan fingerprint density at radius 1 is 1.20 bits per heavy atom. The van der Waals surface area contributed by atoms with E-state index in [0.717, 1.165) is 24.1 Å². The average molecular weight is 365 g/mol. The normalized spacial score (nSPS) is 16.9. The summed E-state index contributed by atoms with van der Waals surface area (Å²) in [5.74, 6) is 0.704. The zero-order valence-corrected chi connectivity index (χ0v) is 16.6. The molecule has 4 nitrogen and oxygen atoms in total. The third-order valence-corrected chi connectivity index (χ3v) is 5.09. The Hall–Kier alpha value is -1.52. The Morgan fingerprint density at radius 3 is 2.56 bits per heavy atom. The maximum Gasteiger partial charge on any atom is 0.186 e. The number of rotatable bonds is 5. The summed E-state index contributed by atoms with van der Waals surface area (Å²) in [6, 6.07) is 8.16. The van der Waals surface area contributed by atoms with Crippen molar-refractivity contribution in [3.05, 3.63) is 35.6 Å². The van der Waals surface area contributed by atoms with Crippen LogP contribution < -0.4 is 4.74 Å². The van der Waals surface area contributed by atoms with Crippen molar-refractivity contribution in [2.75, 3.05) is 7.11 Å². The lowest BCUT2D eigenvalue weighted by molar-refractivity contribution is 0.102. The van der Waals surface area contributed by atoms with Crippen molar-refractivity contribution in [2.45, 2.75) is 65.1 Å². The van der Waals surface area contributed by atoms with Crippen molar-refractivity contribution >= 4 is 12.4 Å². The molecule has 0 fully saturated rings. The van der Waals surface area contributed by atoms with Gasteiger partial charge in [0.1, 0.15) is 0 Å². The van der Waals surface area contributed by atoms with Gasteiger partial charge < -0.3 is 9.26 Å². The highest BCUT2D eigenvalue weighted by atomic mass is 35.5. The Morgan fingerprint density at radius 2 is 1.92 bits per heavy atom. The molecule has 138 valence electrons. The van der Waals surface area contributed by atoms with E-state index in [-0.39, 0.29) is 12.4 Å². The molecule has 1 unspecified atom stereocenters. The summed E-state index contributed by atoms with van der Waals surface area (Å²) in [5, 5.41) is 4.19. The van der Waals surface area contributed by atoms with Gasteiger partial charge in [0.25, 0.3) is 0 Å². The Balaban J connectivity index is 0.00000225. The molecule has 0 N–H and O–H groups in total. The van der Waals surface area contributed by atoms with E-state index >= 15 is 0 Å². The summed E-state index contributed by atoms with van der Waals surface area (Å²) in [5.41, 5.74) is 4.79. The average Bonchev–Trinajstić information content (AvgIpc) is 3.02. The lowest BCUT2D eigenvalue weighted by Crippen LogP contribution is -2.47. The minimum Gasteiger partial charge on any atom is -0.491 e. The number of hydrogen-bond donors (Lipinski definition) is 0. The second kappa shape index (κ2) is 8.24. The van der Waals surface area contributed by atoms with Gasteiger partial charge in [-0.1, -0.05) is 23.4 Å². The predicted octanol–water partition coefficient (Wildman–Crippen LogP) is 4.75. The van der Waals surface area contributed by atoms with Crippen LogP contribution in [-0.2, 0) is 12.8 Å². The number of fused-ring (bicyclic) bond motifs is 1. The first-order chi connectivity index (χ1) is 11.5. The molecule has 5 heteroatoms. The molecule has 1 atom stereocenters. The van der Waals surface area contributed by atoms with E-state index in [1.54, 1.807) is 13.4 Å². The van der Waals surface area contributed by atoms with Gasteiger partial charge in [-0.15, -0.1) is 12.4 Å². The van der Waals surface area contributed by atoms with E-state index in [2.05, 4.69) is 56.0 Å². The zero-order valence-electron chi connectivity index (χ0n) is 15.8. The molecule has 25 heavy (non-hydrogen) atoms. The molecule has 0 radical (unpaired) electrons. The van der Waals surface area contributed by atoms with Crippen LogP contribution in [0.1, 0.15) is 45.2 Å². The van der Waals surface area contributed by atoms with Crippen molar-refractivity contribution in [2.24, 2.45) is 0 Å². The molecular formula is C20H29ClN2O2. The fourth-order valence-corrected chi connectivity index (χ4v) is 4.24. The van der Waals surface area contributed by atoms with Crippen LogP contribution in [0.5, 0.6) is 5.75 Å². The SMILES string of the molecule is COc1conc1-c1cccc2c1CC(N(C(C)C)C(C)C)CC2.Cl. The van der Waals surface area contributed by atoms with Gasteiger partial charge in [-0.3, -0.25) is 4.90 Å². The van der Waals surface area contributed by atoms with Crippen LogP contribution in [0.3, 0.4) is 0 Å². The summed E-state index contributed by atoms with van der Waals surface area (Å²) in [7, 11) is 1.66. The van der Waals surface area contributed by atoms with Crippen LogP contribution in [-0.4, -0.2) is 35.3 Å². The summed E-state index contributed by atoms with van der Waals surface area (Å²) in [6.45, 7) is 9.17. The standard InChI is InChI=1S/C20H28N2O2.ClH/c1-13(2)22(14(3)4)16-10-9-15-7-6-8-17(18(15)11-16)20-19(23-5)12-24-21-20;/h6-8,12-14,16H,9-11H2,1-5H3;1H. The number of hydrogen-bond acceptors (Lipinski definition) is 4. The van der Waals surface area contributed by atoms with E-state index in [1.807, 2.05) is 0 Å². The van der Waals surface area contributed by atoms with Gasteiger partial charge in [0.2, 0.25) is 0 Å². The van der Waals surface area contributed by atoms with Gasteiger partial charge in [-0.2, -0.15) is 0 Å². The van der Waals surface area contributed by atoms with Gasteiger partial charge in [-0.05, 0) is 58.1 Å². The minimum atomic E-state index is 0. The molecule has 0 bridgehead atoms. The van der Waals surface area contributed by atoms with Crippen LogP contribution in [0.25, 0.3) is 11.3 Å². The Bertz CT molecular complexity index is 689. The monoisotopic (exact) mass is 364 g/mol. The first kappa shape index (κ1) is 19.8. The molecule has 1 aromatic carbocycles. The predicted molar refractivity (Wildman–Crippen MR) is 104 cm³/mol. The van der Waals surface area contributed by atoms with Crippen LogP contribution in [0.15, 0.2) is 29.0 Å². The van der Waals surface area contributed by atoms with Crippen molar-refractivity contribution in [1.29, 1.82) is 0 Å². The molecule has 2 aromatic rings. The summed E-state index contributed by atoms with van der Waals surface area (Å²) in [4.78, 5) is 2.64. The van der Waals surface area contributed by atoms with Crippen molar-refractivity contribution in [1.82, 2.24) is 10.1 Å². The first-order valence-corrected chi connectivity index (χ1v) is 8.89. The Kier molecular flexibility index (Phi) is 6.53. The fraction of sp³-hybridized carbons (Fsp3) is 0.550. The molecule has 0 spiro atoms. The topological polar surface area (TPSA) is 38.5 Å². The van der Waals surface area contributed by atoms with Crippen molar-refractivity contribution in [3.8, 4) is 17.0 Å². The quantitative estimate of drug-likeness (QED) is 0.767. The molecular weight excluding hydrogens is 336 g/mol. The van der Waals surface area contributed by atoms with E-state index < -0.39 is 0 Å². The summed E-state index contributed by atoms with van der Waals surface area (Å²) in [6.07, 6.45) is 4.95. The number of aromatic nitrogens is 1. The van der Waals surface area contributed by atoms with Crippen molar-refractivity contribution < 1.29 is 9.26 Å². The van der Waals surface area contributed by atoms with Gasteiger partial charge in [0.15, 0.2) is 17.7 Å². The van der Waals surface area contributed by atoms with E-state index in [9.17, 15) is 0 Å². The summed E-state index contributed by atoms with van der Waals surface area (Å²) < 4.78 is 10.6. The maximum atomic E-state index is 5.41. The third kappa shape index (κ3) is 3.85. The van der Waals surface area contributed by atoms with Crippen LogP contribution in [0.4, 0.5) is 0 Å². The third-order valence-electron chi connectivity index (χ3n) is 5.09. The Labute approximate surface area is 156 Å². The van der Waals surface area contributed by atoms with Gasteiger partial charge in [0, 0.05) is 23.7 Å². The lowest BCUT2D eigenvalue weighted by Gasteiger charge is -2.41. The highest BCUT2D eigenvalue weighted by Crippen LogP contribution is 2.37. The molecule has 1 aromatic heterocycles. The molecule has 1 heterocycles. The maximum absolute atomic E-state index is 5.41. The van der Waals surface area contributed by atoms with E-state index in [1.165, 1.54) is 17.5 Å². The van der Waals surface area contributed by atoms with Crippen LogP contribution in [0.2, 0.25) is 0 Å². The molecule has 0 saturated carbocycles. The number of methoxy groups -OCH3 is 1. The molecule has 3 rings (SSSR count). The smallest absolute Gasteiger partial charge is 0.186 e. The highest BCUT2D eigenvalue weighted by molar-refractivity contribution is 5.85. The zero-order chi connectivity index (χ0) is 17.3. The molecule has 1 aliphatic carbocycles. The number of benzene rings is 1. The number of halogens is 1. The van der Waals surface area contributed by atoms with Gasteiger partial charge in [-0.25, -0.2) is 0 Å². The molecule has 0 amide bonds. The van der Waals surface area contributed by atoms with E-state index in [4.69, 9.17) is 9.26 Å². The summed E-state index contributed by atoms with van der Waals surface area (Å²) >= 11 is 0. The number of nitrogens with zero attached hydrogens (tertiary/aromatic N) is 2. The van der Waals surface area contributed by atoms with Gasteiger partial charge in [0.05, 0.1) is 7.11 Å². The minimum absolute atomic E-state index is 0. The van der Waals surface area contributed by atoms with Crippen LogP contribution >= 0.6 is 12.4 Å². The van der Waals surface area contributed by atoms with E-state index in [0.29, 0.717) is 23.9 Å². The number of ether oxygens (including phenoxy) is 1. The van der Waals surface area contributed by atoms with Crippen molar-refractivity contribution in [3.63, 3.8) is 0 Å². The second-order valence-corrected chi connectivity index (χ2v) is 7.21. The molecule has 0 aliphatic heterocycles. The molecule has 1 aliphatic rings. The lowest BCUT2D eigenvalue weighted by atomic mass is 9.83. The number of aryl methyl sites for hydroxylation is 1. The first-order valence-electron chi connectivity index (χ1n) is 8.89. The van der Waals surface area contributed by atoms with Crippen LogP contribution in [0, 0.1) is 0 Å². The molecule has 0 saturated heterocycles. The highest BCUT2D eigenvalue weighted by Gasteiger charge is 2.30. The second-order valence-electron chi connectivity index (χ2n) is 7.21. The largest absolute Gasteiger partial charge is 0.491 e.